The molecular formula is C57H67BCl4K2N10O17. The van der Waals surface area contributed by atoms with Crippen molar-refractivity contribution in [1.82, 2.24) is 25.3 Å². The SMILES string of the molecule is CCO.Clc1ccnc(Cl)n1.O=C(CO)c1ccc(-c2ccnc(Cl)n2)cc1.O=C(CO)c1ccc(B(O)O)cc1.O=CO[O-].O=[N+]([O-])c1ccc(Cl)cc1.[2H]C1([2H])NC([2H])([2H])C([2H])([2H])OC1([2H])[2H].[2H]C1([2H])OC([2H])([2H])C([2H])([2H])N(c2ccc(N)cc2)C1([2H])[2H].[2H]C1([2H])OC([2H])([2H])C([2H])([2H])N(c2ccc([N+](=O)[O-])cc2)C1([2H])[2H].[H-].[K+].[K+]. The fourth-order valence-corrected chi connectivity index (χ4v) is 5.97. The number of carbonyl (C=O) groups excluding carboxylic acids is 3. The van der Waals surface area contributed by atoms with Crippen LogP contribution in [0.3, 0.4) is 0 Å². The number of ketones is 2. The minimum absolute atomic E-state index is 0. The Kier molecular flexibility index (Phi) is 30.5. The predicted octanol–water partition coefficient (Wildman–Crippen LogP) is -0.758. The molecule has 0 aliphatic carbocycles. The van der Waals surface area contributed by atoms with Gasteiger partial charge in [0, 0.05) is 127 Å². The summed E-state index contributed by atoms with van der Waals surface area (Å²) in [6.07, 6.45) is 3.06. The molecule has 5 aromatic carbocycles. The van der Waals surface area contributed by atoms with Crippen LogP contribution in [0, 0.1) is 20.2 Å². The van der Waals surface area contributed by atoms with Crippen LogP contribution in [0.2, 0.25) is 20.7 Å². The molecule has 3 saturated heterocycles. The average molecular weight is 1420 g/mol. The number of halogens is 4. The molecule has 0 bridgehead atoms. The quantitative estimate of drug-likeness (QED) is 0.00963. The van der Waals surface area contributed by atoms with E-state index in [1.54, 1.807) is 54.8 Å². The molecule has 0 radical (unpaired) electrons. The number of aromatic nitrogens is 4. The minimum atomic E-state index is -3.16. The summed E-state index contributed by atoms with van der Waals surface area (Å²) in [6.45, 7) is -35.2. The van der Waals surface area contributed by atoms with Gasteiger partial charge in [-0.15, -0.1) is 0 Å². The van der Waals surface area contributed by atoms with Crippen LogP contribution in [-0.4, -0.2) is 178 Å². The number of nitrogens with two attached hydrogens (primary N) is 1. The van der Waals surface area contributed by atoms with Crippen LogP contribution < -0.4 is 134 Å². The fraction of sp³-hybridized carbons (Fsp3) is 0.281. The number of nitrogen functional groups attached to an aromatic ring is 1. The maximum Gasteiger partial charge on any atom is 1.00 e. The van der Waals surface area contributed by atoms with Gasteiger partial charge in [-0.1, -0.05) is 71.7 Å². The summed E-state index contributed by atoms with van der Waals surface area (Å²) in [5.41, 5.74) is 7.97. The Morgan fingerprint density at radius 2 is 1.04 bits per heavy atom. The second-order valence-electron chi connectivity index (χ2n) is 15.1. The second kappa shape index (κ2) is 52.7. The predicted molar refractivity (Wildman–Crippen MR) is 336 cm³/mol. The monoisotopic (exact) mass is 1420 g/mol. The normalized spacial score (nSPS) is 22.9. The van der Waals surface area contributed by atoms with Gasteiger partial charge in [0.15, 0.2) is 11.6 Å². The second-order valence-corrected chi connectivity index (χ2v) is 16.6. The van der Waals surface area contributed by atoms with Crippen LogP contribution in [0.5, 0.6) is 0 Å². The zero-order valence-electron chi connectivity index (χ0n) is 72.4. The Morgan fingerprint density at radius 1 is 0.659 bits per heavy atom. The van der Waals surface area contributed by atoms with E-state index in [1.807, 2.05) is 0 Å². The molecule has 0 amide bonds. The molecule has 2 aromatic heterocycles. The summed E-state index contributed by atoms with van der Waals surface area (Å²) in [6, 6.07) is 30.9. The van der Waals surface area contributed by atoms with Crippen molar-refractivity contribution in [3.63, 3.8) is 0 Å². The number of aliphatic hydroxyl groups excluding tert-OH is 3. The third-order valence-corrected chi connectivity index (χ3v) is 10.1. The molecule has 34 heteroatoms. The van der Waals surface area contributed by atoms with Gasteiger partial charge >= 0.3 is 110 Å². The Morgan fingerprint density at radius 3 is 1.40 bits per heavy atom. The number of Topliss-reactive ketones (excluding diaryl/α,β-unsaturated/α-hetero) is 2. The number of carbonyl (C=O) groups is 3. The molecule has 3 aliphatic heterocycles. The third-order valence-electron chi connectivity index (χ3n) is 9.25. The number of hydrogen-bond donors (Lipinski definition) is 7. The molecule has 5 heterocycles. The van der Waals surface area contributed by atoms with Crippen LogP contribution in [-0.2, 0) is 23.9 Å². The van der Waals surface area contributed by atoms with Crippen LogP contribution in [0.15, 0.2) is 146 Å². The molecule has 10 rings (SSSR count). The molecule has 3 aliphatic rings. The Balaban J connectivity index is 0. The maximum absolute atomic E-state index is 11.2. The Bertz CT molecular complexity index is 4180. The van der Waals surface area contributed by atoms with Crippen molar-refractivity contribution >= 4 is 105 Å². The zero-order valence-corrected chi connectivity index (χ0v) is 56.7. The summed E-state index contributed by atoms with van der Waals surface area (Å²) < 4.78 is 193. The topological polar surface area (TPSA) is 395 Å². The van der Waals surface area contributed by atoms with Crippen LogP contribution in [0.1, 0.15) is 62.0 Å². The molecular weight excluding hydrogens is 1330 g/mol. The van der Waals surface area contributed by atoms with E-state index in [2.05, 4.69) is 39.0 Å². The summed E-state index contributed by atoms with van der Waals surface area (Å²) in [7, 11) is -1.53. The third kappa shape index (κ3) is 38.4. The number of rotatable bonds is 11. The summed E-state index contributed by atoms with van der Waals surface area (Å²) in [4.78, 5) is 68.7. The molecule has 8 N–H and O–H groups in total. The van der Waals surface area contributed by atoms with Gasteiger partial charge in [-0.2, -0.15) is 0 Å². The standard InChI is InChI=1S/C12H9ClN2O2.C10H12N2O3.C10H14N2O.C8H9BO4.C6H4ClNO2.C4H2Cl2N2.C4H9NO.C2H6O.CH2O3.2K.H/c13-12-14-6-5-10(15-12)8-1-3-9(4-2-8)11(17)7-16;13-12(14)10-3-1-9(2-4-10)11-5-7-15-8-6-11;11-9-1-3-10(4-2-9)12-5-7-13-8-6-12;10-5-8(11)6-1-3-7(4-2-6)9(12)13;7-5-1-3-6(4-2-5)8(9)10;5-3-1-2-7-4(6)8-3;1-3-6-4-2-5-1;1-2-3;2-1-4-3;;;/h1-6,16H,7H2;1-4H,5-8H2;1-4H,5-8,11H2;1-4,10,12-13H,5H2;1-4H;1-2H;5H,1-4H2;3H,2H2,1H3;1,3H;;;/q;;;;;;;;;2*+1;-1/p-1/i;2*5D2,6D2,7D2,8D2;;;;1D2,2D2,3D2,4D2;;;;;. The van der Waals surface area contributed by atoms with Gasteiger partial charge in [0.2, 0.25) is 10.6 Å². The smallest absolute Gasteiger partial charge is 1.00 e. The van der Waals surface area contributed by atoms with Crippen molar-refractivity contribution in [2.24, 2.45) is 0 Å². The molecule has 7 aromatic rings. The van der Waals surface area contributed by atoms with E-state index >= 15 is 0 Å². The number of nitrogens with one attached hydrogen (secondary N) is 1. The van der Waals surface area contributed by atoms with Gasteiger partial charge in [0.1, 0.15) is 18.4 Å². The van der Waals surface area contributed by atoms with E-state index in [0.717, 1.165) is 29.8 Å². The average Bonchev–Trinajstić information content (AvgIpc) is 0.710. The Hall–Kier alpha value is -4.63. The van der Waals surface area contributed by atoms with Crippen molar-refractivity contribution in [3.8, 4) is 11.3 Å². The van der Waals surface area contributed by atoms with Crippen molar-refractivity contribution in [1.29, 1.82) is 0 Å². The van der Waals surface area contributed by atoms with Crippen LogP contribution in [0.4, 0.5) is 28.4 Å². The number of morpholine rings is 3. The summed E-state index contributed by atoms with van der Waals surface area (Å²) >= 11 is 21.9. The molecule has 480 valence electrons. The van der Waals surface area contributed by atoms with Gasteiger partial charge in [-0.3, -0.25) is 34.6 Å². The number of ether oxygens (including phenoxy) is 3. The molecule has 91 heavy (non-hydrogen) atoms. The zero-order chi connectivity index (χ0) is 87.3. The van der Waals surface area contributed by atoms with E-state index in [0.29, 0.717) is 43.0 Å². The van der Waals surface area contributed by atoms with E-state index < -0.39 is 109 Å². The van der Waals surface area contributed by atoms with Gasteiger partial charge in [-0.05, 0) is 96.3 Å². The first-order chi connectivity index (χ1) is 51.6. The van der Waals surface area contributed by atoms with Gasteiger partial charge < -0.3 is 72.0 Å². The first-order valence-corrected chi connectivity index (χ1v) is 25.5. The molecule has 27 nitrogen and oxygen atoms in total. The molecule has 0 unspecified atom stereocenters. The van der Waals surface area contributed by atoms with Crippen molar-refractivity contribution < 1.29 is 211 Å². The maximum atomic E-state index is 11.2. The molecule has 3 fully saturated rings. The number of anilines is 3. The number of benzene rings is 5. The van der Waals surface area contributed by atoms with Crippen LogP contribution >= 0.6 is 46.4 Å². The van der Waals surface area contributed by atoms with Gasteiger partial charge in [0.05, 0.1) is 82.3 Å². The number of nitrogens with zero attached hydrogens (tertiary/aromatic N) is 8. The van der Waals surface area contributed by atoms with Gasteiger partial charge in [0.25, 0.3) is 17.8 Å². The number of aliphatic hydroxyl groups is 3. The summed E-state index contributed by atoms with van der Waals surface area (Å²) in [5.74, 6) is -0.698. The van der Waals surface area contributed by atoms with Crippen molar-refractivity contribution in [3.05, 3.63) is 198 Å². The van der Waals surface area contributed by atoms with E-state index in [9.17, 15) is 29.8 Å². The number of non-ortho nitro benzene ring substituents is 2. The van der Waals surface area contributed by atoms with Crippen molar-refractivity contribution in [2.45, 2.75) is 6.92 Å². The molecule has 0 saturated carbocycles. The van der Waals surface area contributed by atoms with Gasteiger partial charge in [-0.25, -0.2) is 19.9 Å². The van der Waals surface area contributed by atoms with E-state index in [4.69, 9.17) is 120 Å². The molecule has 0 atom stereocenters. The number of nitro groups is 2. The fourth-order valence-electron chi connectivity index (χ4n) is 5.37. The van der Waals surface area contributed by atoms with Crippen LogP contribution in [0.25, 0.3) is 11.3 Å². The summed E-state index contributed by atoms with van der Waals surface area (Å²) in [5, 5.41) is 74.3. The first-order valence-electron chi connectivity index (χ1n) is 36.0. The Labute approximate surface area is 665 Å². The number of hydrogen-bond acceptors (Lipinski definition) is 25. The molecule has 0 spiro atoms. The minimum Gasteiger partial charge on any atom is -1.00 e. The first kappa shape index (κ1) is 52.6. The largest absolute Gasteiger partial charge is 1.00 e. The van der Waals surface area contributed by atoms with E-state index in [-0.39, 0.29) is 167 Å². The van der Waals surface area contributed by atoms with E-state index in [1.165, 1.54) is 79.0 Å². The number of nitro benzene ring substituents is 2. The van der Waals surface area contributed by atoms with Crippen molar-refractivity contribution in [2.75, 3.05) is 114 Å².